The summed E-state index contributed by atoms with van der Waals surface area (Å²) >= 11 is 1.67. The van der Waals surface area contributed by atoms with Crippen molar-refractivity contribution in [3.05, 3.63) is 48.3 Å². The molecule has 2 rings (SSSR count). The molecule has 0 aromatic heterocycles. The zero-order valence-corrected chi connectivity index (χ0v) is 10.2. The SMILES string of the molecule is CSc1ccc(Nc2ccc(N)cc2F)cc1. The van der Waals surface area contributed by atoms with Crippen LogP contribution in [-0.2, 0) is 0 Å². The maximum atomic E-state index is 13.5. The molecule has 0 aliphatic rings. The van der Waals surface area contributed by atoms with Crippen molar-refractivity contribution in [3.8, 4) is 0 Å². The van der Waals surface area contributed by atoms with Crippen LogP contribution in [-0.4, -0.2) is 6.26 Å². The molecule has 0 bridgehead atoms. The smallest absolute Gasteiger partial charge is 0.148 e. The Labute approximate surface area is 104 Å². The van der Waals surface area contributed by atoms with Gasteiger partial charge in [-0.05, 0) is 48.7 Å². The number of thioether (sulfide) groups is 1. The normalized spacial score (nSPS) is 10.2. The third-order valence-corrected chi connectivity index (χ3v) is 3.11. The summed E-state index contributed by atoms with van der Waals surface area (Å²) in [4.78, 5) is 1.17. The maximum Gasteiger partial charge on any atom is 0.148 e. The lowest BCUT2D eigenvalue weighted by atomic mass is 10.2. The van der Waals surface area contributed by atoms with Gasteiger partial charge < -0.3 is 11.1 Å². The van der Waals surface area contributed by atoms with Crippen LogP contribution in [0.3, 0.4) is 0 Å². The average molecular weight is 248 g/mol. The van der Waals surface area contributed by atoms with Gasteiger partial charge in [0.05, 0.1) is 5.69 Å². The van der Waals surface area contributed by atoms with Crippen molar-refractivity contribution >= 4 is 28.8 Å². The van der Waals surface area contributed by atoms with Crippen molar-refractivity contribution in [1.82, 2.24) is 0 Å². The van der Waals surface area contributed by atoms with Crippen molar-refractivity contribution in [2.24, 2.45) is 0 Å². The van der Waals surface area contributed by atoms with Gasteiger partial charge in [0, 0.05) is 16.3 Å². The van der Waals surface area contributed by atoms with E-state index in [-0.39, 0.29) is 5.82 Å². The van der Waals surface area contributed by atoms with Crippen molar-refractivity contribution in [2.75, 3.05) is 17.3 Å². The number of nitrogens with one attached hydrogen (secondary N) is 1. The Morgan fingerprint density at radius 3 is 2.41 bits per heavy atom. The summed E-state index contributed by atoms with van der Waals surface area (Å²) in [6, 6.07) is 12.4. The zero-order chi connectivity index (χ0) is 12.3. The van der Waals surface area contributed by atoms with Crippen LogP contribution in [0.1, 0.15) is 0 Å². The predicted octanol–water partition coefficient (Wildman–Crippen LogP) is 3.87. The lowest BCUT2D eigenvalue weighted by molar-refractivity contribution is 0.632. The van der Waals surface area contributed by atoms with Crippen molar-refractivity contribution < 1.29 is 4.39 Å². The Balaban J connectivity index is 2.19. The lowest BCUT2D eigenvalue weighted by Crippen LogP contribution is -1.95. The van der Waals surface area contributed by atoms with Gasteiger partial charge >= 0.3 is 0 Å². The first-order valence-electron chi connectivity index (χ1n) is 5.15. The molecule has 88 valence electrons. The number of rotatable bonds is 3. The number of nitrogen functional groups attached to an aromatic ring is 1. The summed E-state index contributed by atoms with van der Waals surface area (Å²) in [6.07, 6.45) is 2.02. The van der Waals surface area contributed by atoms with E-state index in [1.54, 1.807) is 23.9 Å². The molecular formula is C13H13FN2S. The van der Waals surface area contributed by atoms with Gasteiger partial charge in [0.2, 0.25) is 0 Å². The molecule has 0 amide bonds. The van der Waals surface area contributed by atoms with Gasteiger partial charge in [0.15, 0.2) is 0 Å². The van der Waals surface area contributed by atoms with Crippen molar-refractivity contribution in [2.45, 2.75) is 4.90 Å². The third-order valence-electron chi connectivity index (χ3n) is 2.36. The Kier molecular flexibility index (Phi) is 3.54. The predicted molar refractivity (Wildman–Crippen MR) is 72.3 cm³/mol. The van der Waals surface area contributed by atoms with Crippen molar-refractivity contribution in [1.29, 1.82) is 0 Å². The molecule has 0 saturated heterocycles. The van der Waals surface area contributed by atoms with E-state index in [0.29, 0.717) is 11.4 Å². The first-order valence-corrected chi connectivity index (χ1v) is 6.37. The molecular weight excluding hydrogens is 235 g/mol. The highest BCUT2D eigenvalue weighted by atomic mass is 32.2. The van der Waals surface area contributed by atoms with Gasteiger partial charge in [-0.2, -0.15) is 0 Å². The quantitative estimate of drug-likeness (QED) is 0.639. The number of anilines is 3. The second kappa shape index (κ2) is 5.10. The fourth-order valence-corrected chi connectivity index (χ4v) is 1.87. The number of hydrogen-bond donors (Lipinski definition) is 2. The van der Waals surface area contributed by atoms with E-state index in [2.05, 4.69) is 5.32 Å². The van der Waals surface area contributed by atoms with Gasteiger partial charge in [-0.3, -0.25) is 0 Å². The Morgan fingerprint density at radius 1 is 1.12 bits per heavy atom. The van der Waals surface area contributed by atoms with Crippen LogP contribution < -0.4 is 11.1 Å². The van der Waals surface area contributed by atoms with E-state index in [1.807, 2.05) is 30.5 Å². The highest BCUT2D eigenvalue weighted by Gasteiger charge is 2.02. The average Bonchev–Trinajstić information content (AvgIpc) is 2.34. The fraction of sp³-hybridized carbons (Fsp3) is 0.0769. The molecule has 0 unspecified atom stereocenters. The minimum absolute atomic E-state index is 0.348. The van der Waals surface area contributed by atoms with Gasteiger partial charge in [-0.25, -0.2) is 4.39 Å². The molecule has 0 aliphatic heterocycles. The summed E-state index contributed by atoms with van der Waals surface area (Å²) in [7, 11) is 0. The molecule has 0 radical (unpaired) electrons. The Hall–Kier alpha value is -1.68. The highest BCUT2D eigenvalue weighted by molar-refractivity contribution is 7.98. The maximum absolute atomic E-state index is 13.5. The molecule has 0 aliphatic carbocycles. The second-order valence-electron chi connectivity index (χ2n) is 3.59. The van der Waals surface area contributed by atoms with Crippen LogP contribution in [0, 0.1) is 5.82 Å². The van der Waals surface area contributed by atoms with Crippen LogP contribution in [0.15, 0.2) is 47.4 Å². The molecule has 0 atom stereocenters. The Bertz CT molecular complexity index is 511. The standard InChI is InChI=1S/C13H13FN2S/c1-17-11-5-3-10(4-6-11)16-13-7-2-9(15)8-12(13)14/h2-8,16H,15H2,1H3. The molecule has 0 spiro atoms. The molecule has 0 saturated carbocycles. The number of nitrogens with two attached hydrogens (primary N) is 1. The fourth-order valence-electron chi connectivity index (χ4n) is 1.46. The molecule has 4 heteroatoms. The highest BCUT2D eigenvalue weighted by Crippen LogP contribution is 2.23. The summed E-state index contributed by atoms with van der Waals surface area (Å²) in [5, 5.41) is 3.01. The topological polar surface area (TPSA) is 38.0 Å². The van der Waals surface area contributed by atoms with E-state index >= 15 is 0 Å². The summed E-state index contributed by atoms with van der Waals surface area (Å²) < 4.78 is 13.5. The zero-order valence-electron chi connectivity index (χ0n) is 9.41. The minimum Gasteiger partial charge on any atom is -0.399 e. The largest absolute Gasteiger partial charge is 0.399 e. The molecule has 3 N–H and O–H groups in total. The monoisotopic (exact) mass is 248 g/mol. The number of halogens is 1. The van der Waals surface area contributed by atoms with Gasteiger partial charge in [-0.1, -0.05) is 0 Å². The van der Waals surface area contributed by atoms with Crippen LogP contribution >= 0.6 is 11.8 Å². The first kappa shape index (κ1) is 11.8. The molecule has 2 aromatic rings. The van der Waals surface area contributed by atoms with E-state index in [1.165, 1.54) is 11.0 Å². The van der Waals surface area contributed by atoms with Gasteiger partial charge in [0.25, 0.3) is 0 Å². The van der Waals surface area contributed by atoms with Crippen LogP contribution in [0.5, 0.6) is 0 Å². The summed E-state index contributed by atoms with van der Waals surface area (Å²) in [5.74, 6) is -0.348. The summed E-state index contributed by atoms with van der Waals surface area (Å²) in [5.41, 5.74) is 7.19. The number of benzene rings is 2. The second-order valence-corrected chi connectivity index (χ2v) is 4.47. The molecule has 0 heterocycles. The molecule has 2 aromatic carbocycles. The minimum atomic E-state index is -0.348. The van der Waals surface area contributed by atoms with Gasteiger partial charge in [0.1, 0.15) is 5.82 Å². The third kappa shape index (κ3) is 2.91. The van der Waals surface area contributed by atoms with Crippen LogP contribution in [0.25, 0.3) is 0 Å². The van der Waals surface area contributed by atoms with Gasteiger partial charge in [-0.15, -0.1) is 11.8 Å². The first-order chi connectivity index (χ1) is 8.19. The lowest BCUT2D eigenvalue weighted by Gasteiger charge is -2.08. The Morgan fingerprint density at radius 2 is 1.82 bits per heavy atom. The molecule has 0 fully saturated rings. The van der Waals surface area contributed by atoms with Crippen LogP contribution in [0.2, 0.25) is 0 Å². The molecule has 2 nitrogen and oxygen atoms in total. The molecule has 17 heavy (non-hydrogen) atoms. The van der Waals surface area contributed by atoms with E-state index in [0.717, 1.165) is 5.69 Å². The summed E-state index contributed by atoms with van der Waals surface area (Å²) in [6.45, 7) is 0. The van der Waals surface area contributed by atoms with E-state index < -0.39 is 0 Å². The van der Waals surface area contributed by atoms with E-state index in [4.69, 9.17) is 5.73 Å². The van der Waals surface area contributed by atoms with E-state index in [9.17, 15) is 4.39 Å². The van der Waals surface area contributed by atoms with Crippen molar-refractivity contribution in [3.63, 3.8) is 0 Å². The van der Waals surface area contributed by atoms with Crippen LogP contribution in [0.4, 0.5) is 21.5 Å². The number of hydrogen-bond acceptors (Lipinski definition) is 3.